The summed E-state index contributed by atoms with van der Waals surface area (Å²) >= 11 is 2.74. The summed E-state index contributed by atoms with van der Waals surface area (Å²) in [5.74, 6) is 0. The van der Waals surface area contributed by atoms with Crippen molar-refractivity contribution in [2.45, 2.75) is 18.6 Å². The molecule has 0 bridgehead atoms. The Morgan fingerprint density at radius 2 is 1.80 bits per heavy atom. The molecule has 1 heteroatoms. The number of hydrogen-bond acceptors (Lipinski definition) is 0. The van der Waals surface area contributed by atoms with Crippen LogP contribution in [0.5, 0.6) is 0 Å². The SMILES string of the molecule is Cc1ccc(C[CH2][Al+2])cc1. The zero-order chi connectivity index (χ0) is 7.40. The van der Waals surface area contributed by atoms with E-state index in [1.165, 1.54) is 17.5 Å². The summed E-state index contributed by atoms with van der Waals surface area (Å²) in [6.07, 6.45) is 1.17. The van der Waals surface area contributed by atoms with Crippen molar-refractivity contribution in [1.29, 1.82) is 0 Å². The topological polar surface area (TPSA) is 0 Å². The van der Waals surface area contributed by atoms with Gasteiger partial charge in [0.15, 0.2) is 0 Å². The minimum atomic E-state index is 1.16. The molecule has 48 valence electrons. The Labute approximate surface area is 70.7 Å². The average Bonchev–Trinajstić information content (AvgIpc) is 1.95. The molecule has 0 aliphatic heterocycles. The summed E-state index contributed by atoms with van der Waals surface area (Å²) in [6, 6.07) is 8.71. The van der Waals surface area contributed by atoms with Crippen LogP contribution in [-0.2, 0) is 6.42 Å². The normalized spacial score (nSPS) is 9.90. The molecule has 1 rings (SSSR count). The number of aryl methyl sites for hydroxylation is 2. The zero-order valence-electron chi connectivity index (χ0n) is 6.30. The summed E-state index contributed by atoms with van der Waals surface area (Å²) in [6.45, 7) is 2.12. The minimum absolute atomic E-state index is 1.16. The molecule has 0 saturated heterocycles. The van der Waals surface area contributed by atoms with E-state index in [4.69, 9.17) is 0 Å². The molecule has 0 heterocycles. The molecule has 1 aromatic rings. The van der Waals surface area contributed by atoms with Gasteiger partial charge in [0.1, 0.15) is 0 Å². The molecule has 10 heavy (non-hydrogen) atoms. The van der Waals surface area contributed by atoms with Crippen molar-refractivity contribution >= 4 is 16.3 Å². The van der Waals surface area contributed by atoms with Crippen molar-refractivity contribution in [2.24, 2.45) is 0 Å². The van der Waals surface area contributed by atoms with Crippen molar-refractivity contribution in [2.75, 3.05) is 0 Å². The number of hydrogen-bond donors (Lipinski definition) is 0. The predicted molar refractivity (Wildman–Crippen MR) is 45.4 cm³/mol. The molecule has 0 radical (unpaired) electrons. The molecular weight excluding hydrogens is 135 g/mol. The molecule has 1 aromatic carbocycles. The standard InChI is InChI=1S/C9H11.Al/c1-3-9-6-4-8(2)5-7-9;/h4-7H,1,3H2,2H3;/q;+2. The maximum absolute atomic E-state index is 2.74. The fourth-order valence-corrected chi connectivity index (χ4v) is 1.25. The first-order valence-corrected chi connectivity index (χ1v) is 4.40. The van der Waals surface area contributed by atoms with Gasteiger partial charge in [-0.25, -0.2) is 0 Å². The third-order valence-electron chi connectivity index (χ3n) is 1.55. The second-order valence-electron chi connectivity index (χ2n) is 2.52. The van der Waals surface area contributed by atoms with E-state index in [1.54, 1.807) is 0 Å². The summed E-state index contributed by atoms with van der Waals surface area (Å²) < 4.78 is 0. The first-order valence-electron chi connectivity index (χ1n) is 3.58. The Bertz CT molecular complexity index is 188. The van der Waals surface area contributed by atoms with Crippen LogP contribution in [0.3, 0.4) is 0 Å². The van der Waals surface area contributed by atoms with Crippen LogP contribution in [0.15, 0.2) is 24.3 Å². The van der Waals surface area contributed by atoms with Gasteiger partial charge in [-0.15, -0.1) is 0 Å². The van der Waals surface area contributed by atoms with Gasteiger partial charge in [-0.3, -0.25) is 0 Å². The van der Waals surface area contributed by atoms with E-state index in [0.29, 0.717) is 0 Å². The van der Waals surface area contributed by atoms with Gasteiger partial charge < -0.3 is 0 Å². The molecule has 0 aliphatic rings. The summed E-state index contributed by atoms with van der Waals surface area (Å²) in [5, 5.41) is 1.16. The molecular formula is C9H11Al+2. The van der Waals surface area contributed by atoms with Gasteiger partial charge in [-0.1, -0.05) is 0 Å². The van der Waals surface area contributed by atoms with Gasteiger partial charge in [0.05, 0.1) is 0 Å². The first-order chi connectivity index (χ1) is 4.83. The van der Waals surface area contributed by atoms with Crippen LogP contribution in [0.2, 0.25) is 5.28 Å². The molecule has 0 N–H and O–H groups in total. The van der Waals surface area contributed by atoms with E-state index >= 15 is 0 Å². The maximum atomic E-state index is 2.74. The van der Waals surface area contributed by atoms with Gasteiger partial charge in [0, 0.05) is 0 Å². The Morgan fingerprint density at radius 3 is 2.30 bits per heavy atom. The molecule has 0 aromatic heterocycles. The van der Waals surface area contributed by atoms with E-state index in [9.17, 15) is 0 Å². The second-order valence-corrected chi connectivity index (χ2v) is 3.10. The van der Waals surface area contributed by atoms with Crippen molar-refractivity contribution in [3.05, 3.63) is 35.4 Å². The van der Waals surface area contributed by atoms with E-state index < -0.39 is 0 Å². The molecule has 0 fully saturated rings. The van der Waals surface area contributed by atoms with Gasteiger partial charge in [0.2, 0.25) is 0 Å². The summed E-state index contributed by atoms with van der Waals surface area (Å²) in [7, 11) is 0. The van der Waals surface area contributed by atoms with Gasteiger partial charge in [-0.2, -0.15) is 0 Å². The molecule has 0 aliphatic carbocycles. The molecule has 0 atom stereocenters. The van der Waals surface area contributed by atoms with Crippen molar-refractivity contribution in [3.8, 4) is 0 Å². The number of benzene rings is 1. The van der Waals surface area contributed by atoms with Gasteiger partial charge in [-0.05, 0) is 0 Å². The molecule has 0 nitrogen and oxygen atoms in total. The molecule has 0 amide bonds. The zero-order valence-corrected chi connectivity index (χ0v) is 7.46. The third-order valence-corrected chi connectivity index (χ3v) is 1.84. The first kappa shape index (κ1) is 7.86. The second kappa shape index (κ2) is 3.81. The third kappa shape index (κ3) is 2.17. The fourth-order valence-electron chi connectivity index (χ4n) is 0.921. The van der Waals surface area contributed by atoms with E-state index in [1.807, 2.05) is 0 Å². The van der Waals surface area contributed by atoms with Crippen LogP contribution in [0.1, 0.15) is 11.1 Å². The quantitative estimate of drug-likeness (QED) is 0.560. The Hall–Kier alpha value is -0.248. The molecule has 0 unspecified atom stereocenters. The van der Waals surface area contributed by atoms with Crippen LogP contribution < -0.4 is 0 Å². The molecule has 0 spiro atoms. The van der Waals surface area contributed by atoms with Crippen LogP contribution >= 0.6 is 0 Å². The Balaban J connectivity index is 2.69. The van der Waals surface area contributed by atoms with Crippen molar-refractivity contribution < 1.29 is 0 Å². The Kier molecular flexibility index (Phi) is 2.99. The van der Waals surface area contributed by atoms with Crippen LogP contribution in [0, 0.1) is 6.92 Å². The number of rotatable bonds is 2. The molecule has 0 saturated carbocycles. The summed E-state index contributed by atoms with van der Waals surface area (Å²) in [4.78, 5) is 0. The van der Waals surface area contributed by atoms with Crippen molar-refractivity contribution in [3.63, 3.8) is 0 Å². The van der Waals surface area contributed by atoms with Crippen molar-refractivity contribution in [1.82, 2.24) is 0 Å². The van der Waals surface area contributed by atoms with Gasteiger partial charge in [0.25, 0.3) is 0 Å². The van der Waals surface area contributed by atoms with Crippen LogP contribution in [0.25, 0.3) is 0 Å². The van der Waals surface area contributed by atoms with E-state index in [0.717, 1.165) is 5.28 Å². The van der Waals surface area contributed by atoms with Gasteiger partial charge >= 0.3 is 70.3 Å². The van der Waals surface area contributed by atoms with E-state index in [-0.39, 0.29) is 0 Å². The van der Waals surface area contributed by atoms with E-state index in [2.05, 4.69) is 47.5 Å². The average molecular weight is 146 g/mol. The predicted octanol–water partition coefficient (Wildman–Crippen LogP) is 2.12. The summed E-state index contributed by atoms with van der Waals surface area (Å²) in [5.41, 5.74) is 2.77. The van der Waals surface area contributed by atoms with Crippen LogP contribution in [0.4, 0.5) is 0 Å². The fraction of sp³-hybridized carbons (Fsp3) is 0.333. The van der Waals surface area contributed by atoms with Crippen LogP contribution in [-0.4, -0.2) is 16.3 Å². The monoisotopic (exact) mass is 146 g/mol. The Morgan fingerprint density at radius 1 is 1.20 bits per heavy atom.